The highest BCUT2D eigenvalue weighted by Crippen LogP contribution is 2.40. The molecule has 2 aliphatic rings. The second-order valence-electron chi connectivity index (χ2n) is 11.4. The maximum Gasteiger partial charge on any atom is 0.248 e. The molecule has 0 spiro atoms. The van der Waals surface area contributed by atoms with Gasteiger partial charge in [0.15, 0.2) is 0 Å². The van der Waals surface area contributed by atoms with E-state index in [1.54, 1.807) is 22.9 Å². The van der Waals surface area contributed by atoms with Gasteiger partial charge in [0.05, 0.1) is 29.0 Å². The van der Waals surface area contributed by atoms with Crippen LogP contribution in [0.2, 0.25) is 0 Å². The van der Waals surface area contributed by atoms with Gasteiger partial charge in [0, 0.05) is 25.1 Å². The number of nitrogens with one attached hydrogen (secondary N) is 1. The Morgan fingerprint density at radius 3 is 2.57 bits per heavy atom. The number of hydrogen-bond acceptors (Lipinski definition) is 6. The van der Waals surface area contributed by atoms with Crippen molar-refractivity contribution in [1.82, 2.24) is 25.2 Å². The van der Waals surface area contributed by atoms with Crippen LogP contribution >= 0.6 is 0 Å². The normalized spacial score (nSPS) is 21.5. The molecule has 3 unspecified atom stereocenters. The van der Waals surface area contributed by atoms with Gasteiger partial charge in [0.1, 0.15) is 12.1 Å². The number of aromatic nitrogens is 3. The number of hydrogen-bond donors (Lipinski definition) is 2. The number of rotatable bonds is 6. The second-order valence-corrected chi connectivity index (χ2v) is 11.4. The molecule has 2 aromatic rings. The number of aliphatic hydroxyl groups excluding tert-OH is 1. The van der Waals surface area contributed by atoms with Gasteiger partial charge in [0.25, 0.3) is 0 Å². The predicted octanol–water partition coefficient (Wildman–Crippen LogP) is 2.63. The number of carbonyl (C=O) groups excluding carboxylic acids is 2. The Kier molecular flexibility index (Phi) is 6.45. The van der Waals surface area contributed by atoms with E-state index in [0.717, 1.165) is 24.1 Å². The Bertz CT molecular complexity index is 1150. The van der Waals surface area contributed by atoms with E-state index in [2.05, 4.69) is 21.7 Å². The highest BCUT2D eigenvalue weighted by atomic mass is 16.3. The minimum Gasteiger partial charge on any atom is -0.391 e. The van der Waals surface area contributed by atoms with E-state index in [9.17, 15) is 20.0 Å². The van der Waals surface area contributed by atoms with E-state index < -0.39 is 29.1 Å². The number of likely N-dealkylation sites (tertiary alicyclic amines) is 1. The Hall–Kier alpha value is -3.25. The molecule has 1 aromatic heterocycles. The van der Waals surface area contributed by atoms with E-state index in [4.69, 9.17) is 0 Å². The van der Waals surface area contributed by atoms with Gasteiger partial charge in [-0.3, -0.25) is 9.59 Å². The minimum atomic E-state index is -0.813. The fraction of sp³-hybridized carbons (Fsp3) is 0.577. The number of carbonyl (C=O) groups is 2. The summed E-state index contributed by atoms with van der Waals surface area (Å²) in [6, 6.07) is 7.72. The first-order valence-corrected chi connectivity index (χ1v) is 12.1. The number of nitrogens with zero attached hydrogens (tertiary/aromatic N) is 5. The molecule has 0 radical (unpaired) electrons. The number of β-amino-alcohol motifs (C(OH)–C–C–N with tert-alkyl or cyclic N) is 1. The summed E-state index contributed by atoms with van der Waals surface area (Å²) in [5.41, 5.74) is 0.912. The third kappa shape index (κ3) is 5.22. The van der Waals surface area contributed by atoms with Gasteiger partial charge >= 0.3 is 0 Å². The third-order valence-electron chi connectivity index (χ3n) is 6.86. The lowest BCUT2D eigenvalue weighted by Crippen LogP contribution is -2.53. The van der Waals surface area contributed by atoms with Gasteiger partial charge in [-0.2, -0.15) is 5.26 Å². The van der Waals surface area contributed by atoms with Crippen molar-refractivity contribution in [3.8, 4) is 6.07 Å². The van der Waals surface area contributed by atoms with Crippen molar-refractivity contribution in [2.75, 3.05) is 6.54 Å². The lowest BCUT2D eigenvalue weighted by Gasteiger charge is -2.36. The van der Waals surface area contributed by atoms with Crippen LogP contribution < -0.4 is 5.32 Å². The molecule has 1 saturated heterocycles. The summed E-state index contributed by atoms with van der Waals surface area (Å²) in [7, 11) is 0. The van der Waals surface area contributed by atoms with Crippen molar-refractivity contribution in [3.05, 3.63) is 47.3 Å². The van der Waals surface area contributed by atoms with E-state index in [1.807, 2.05) is 46.9 Å². The number of nitriles is 1. The largest absolute Gasteiger partial charge is 0.391 e. The molecule has 1 aliphatic carbocycles. The lowest BCUT2D eigenvalue weighted by molar-refractivity contribution is -0.144. The van der Waals surface area contributed by atoms with E-state index >= 15 is 0 Å². The van der Waals surface area contributed by atoms with Crippen LogP contribution in [-0.4, -0.2) is 55.5 Å². The summed E-state index contributed by atoms with van der Waals surface area (Å²) in [6.07, 6.45) is 3.38. The van der Waals surface area contributed by atoms with Gasteiger partial charge < -0.3 is 15.3 Å². The predicted molar refractivity (Wildman–Crippen MR) is 129 cm³/mol. The van der Waals surface area contributed by atoms with Crippen molar-refractivity contribution in [2.45, 2.75) is 83.5 Å². The molecular formula is C26H34N6O3. The van der Waals surface area contributed by atoms with Crippen molar-refractivity contribution >= 4 is 11.8 Å². The maximum atomic E-state index is 13.9. The van der Waals surface area contributed by atoms with Crippen molar-refractivity contribution in [3.63, 3.8) is 0 Å². The molecular weight excluding hydrogens is 444 g/mol. The smallest absolute Gasteiger partial charge is 0.248 e. The topological polar surface area (TPSA) is 124 Å². The van der Waals surface area contributed by atoms with Crippen LogP contribution in [0.15, 0.2) is 30.5 Å². The molecule has 2 fully saturated rings. The average molecular weight is 479 g/mol. The van der Waals surface area contributed by atoms with Crippen molar-refractivity contribution in [1.29, 1.82) is 5.26 Å². The highest BCUT2D eigenvalue weighted by Gasteiger charge is 2.46. The molecule has 4 rings (SSSR count). The van der Waals surface area contributed by atoms with Crippen LogP contribution in [0, 0.1) is 16.7 Å². The molecule has 1 aromatic carbocycles. The molecule has 1 aliphatic heterocycles. The Morgan fingerprint density at radius 2 is 1.94 bits per heavy atom. The van der Waals surface area contributed by atoms with Crippen LogP contribution in [0.5, 0.6) is 0 Å². The average Bonchev–Trinajstić information content (AvgIpc) is 3.39. The van der Waals surface area contributed by atoms with Crippen LogP contribution in [-0.2, 0) is 15.1 Å². The van der Waals surface area contributed by atoms with Crippen molar-refractivity contribution in [2.24, 2.45) is 5.41 Å². The molecule has 3 atom stereocenters. The summed E-state index contributed by atoms with van der Waals surface area (Å²) in [4.78, 5) is 28.8. The summed E-state index contributed by atoms with van der Waals surface area (Å²) in [6.45, 7) is 9.66. The van der Waals surface area contributed by atoms with Crippen LogP contribution in [0.4, 0.5) is 0 Å². The van der Waals surface area contributed by atoms with E-state index in [1.165, 1.54) is 4.90 Å². The van der Waals surface area contributed by atoms with Gasteiger partial charge in [-0.05, 0) is 49.8 Å². The maximum absolute atomic E-state index is 13.9. The Labute approximate surface area is 206 Å². The first-order valence-electron chi connectivity index (χ1n) is 12.1. The second kappa shape index (κ2) is 9.08. The summed E-state index contributed by atoms with van der Waals surface area (Å²) in [5, 5.41) is 31.3. The molecule has 186 valence electrons. The summed E-state index contributed by atoms with van der Waals surface area (Å²) >= 11 is 0. The number of aliphatic hydroxyl groups is 1. The molecule has 9 nitrogen and oxygen atoms in total. The van der Waals surface area contributed by atoms with Gasteiger partial charge in [-0.1, -0.05) is 38.1 Å². The zero-order chi connectivity index (χ0) is 25.5. The van der Waals surface area contributed by atoms with E-state index in [0.29, 0.717) is 11.5 Å². The quantitative estimate of drug-likeness (QED) is 0.658. The highest BCUT2D eigenvalue weighted by molar-refractivity contribution is 5.90. The van der Waals surface area contributed by atoms with Gasteiger partial charge in [-0.25, -0.2) is 4.68 Å². The molecule has 35 heavy (non-hydrogen) atoms. The monoisotopic (exact) mass is 478 g/mol. The fourth-order valence-electron chi connectivity index (χ4n) is 4.77. The molecule has 2 heterocycles. The first kappa shape index (κ1) is 24.9. The summed E-state index contributed by atoms with van der Waals surface area (Å²) < 4.78 is 1.62. The minimum absolute atomic E-state index is 0.0814. The molecule has 0 bridgehead atoms. The summed E-state index contributed by atoms with van der Waals surface area (Å²) in [5.74, 6) is -0.189. The molecule has 2 amide bonds. The van der Waals surface area contributed by atoms with Crippen LogP contribution in [0.1, 0.15) is 82.7 Å². The van der Waals surface area contributed by atoms with Crippen molar-refractivity contribution < 1.29 is 14.7 Å². The standard InChI is InChI=1S/C26H34N6O3/c1-25(2,3)22(32-15-20(29-30-32)17-9-10-17)24(35)31-14-19(33)12-21(31)23(34)28-26(4,5)18-8-6-7-16(11-18)13-27/h6-8,11,15,17,19,21-22,33H,9-10,12,14H2,1-5H3,(H,28,34). The fourth-order valence-corrected chi connectivity index (χ4v) is 4.77. The first-order chi connectivity index (χ1) is 16.4. The van der Waals surface area contributed by atoms with Crippen LogP contribution in [0.3, 0.4) is 0 Å². The number of benzene rings is 1. The lowest BCUT2D eigenvalue weighted by atomic mass is 9.85. The van der Waals surface area contributed by atoms with Gasteiger partial charge in [0.2, 0.25) is 11.8 Å². The zero-order valence-corrected chi connectivity index (χ0v) is 21.0. The molecule has 2 N–H and O–H groups in total. The van der Waals surface area contributed by atoms with Crippen LogP contribution in [0.25, 0.3) is 0 Å². The molecule has 9 heteroatoms. The zero-order valence-electron chi connectivity index (χ0n) is 21.0. The van der Waals surface area contributed by atoms with Gasteiger partial charge in [-0.15, -0.1) is 5.10 Å². The Balaban J connectivity index is 1.57. The van der Waals surface area contributed by atoms with E-state index in [-0.39, 0.29) is 24.8 Å². The number of amides is 2. The SMILES string of the molecule is CC(C)(NC(=O)C1CC(O)CN1C(=O)C(n1cc(C2CC2)nn1)C(C)(C)C)c1cccc(C#N)c1. The third-order valence-corrected chi connectivity index (χ3v) is 6.86. The molecule has 1 saturated carbocycles. The Morgan fingerprint density at radius 1 is 1.23 bits per heavy atom.